The van der Waals surface area contributed by atoms with Gasteiger partial charge in [0, 0.05) is 12.6 Å². The van der Waals surface area contributed by atoms with Gasteiger partial charge in [-0.3, -0.25) is 0 Å². The largest absolute Gasteiger partial charge is 0.489 e. The van der Waals surface area contributed by atoms with Crippen molar-refractivity contribution < 1.29 is 4.74 Å². The molecule has 0 heterocycles. The molecule has 1 rings (SSSR count). The second kappa shape index (κ2) is 5.76. The molecule has 0 saturated heterocycles. The van der Waals surface area contributed by atoms with Crippen LogP contribution >= 0.6 is 0 Å². The number of nitrogens with one attached hydrogen (secondary N) is 1. The maximum atomic E-state index is 5.76. The lowest BCUT2D eigenvalue weighted by Crippen LogP contribution is -2.33. The van der Waals surface area contributed by atoms with Crippen LogP contribution in [0.1, 0.15) is 26.3 Å². The maximum absolute atomic E-state index is 5.76. The summed E-state index contributed by atoms with van der Waals surface area (Å²) in [5.41, 5.74) is 1.26. The summed E-state index contributed by atoms with van der Waals surface area (Å²) in [5.74, 6) is 0.943. The van der Waals surface area contributed by atoms with E-state index < -0.39 is 0 Å². The summed E-state index contributed by atoms with van der Waals surface area (Å²) in [6.45, 7) is 9.31. The molecule has 1 aromatic rings. The SMILES string of the molecule is Cc1ccc(OC(C)CNC(C)C)cc1. The smallest absolute Gasteiger partial charge is 0.119 e. The molecule has 2 heteroatoms. The van der Waals surface area contributed by atoms with Gasteiger partial charge in [-0.15, -0.1) is 0 Å². The molecular formula is C13H21NO. The van der Waals surface area contributed by atoms with E-state index in [0.717, 1.165) is 12.3 Å². The molecule has 1 atom stereocenters. The summed E-state index contributed by atoms with van der Waals surface area (Å²) in [7, 11) is 0. The lowest BCUT2D eigenvalue weighted by molar-refractivity contribution is 0.213. The Kier molecular flexibility index (Phi) is 4.63. The molecule has 0 fully saturated rings. The number of aryl methyl sites for hydroxylation is 1. The van der Waals surface area contributed by atoms with E-state index in [4.69, 9.17) is 4.74 Å². The zero-order chi connectivity index (χ0) is 11.3. The highest BCUT2D eigenvalue weighted by molar-refractivity contribution is 5.26. The summed E-state index contributed by atoms with van der Waals surface area (Å²) in [5, 5.41) is 3.35. The van der Waals surface area contributed by atoms with E-state index in [2.05, 4.69) is 45.1 Å². The Labute approximate surface area is 92.6 Å². The number of hydrogen-bond donors (Lipinski definition) is 1. The van der Waals surface area contributed by atoms with Gasteiger partial charge in [-0.1, -0.05) is 31.5 Å². The Morgan fingerprint density at radius 3 is 2.27 bits per heavy atom. The van der Waals surface area contributed by atoms with E-state index in [0.29, 0.717) is 6.04 Å². The summed E-state index contributed by atoms with van der Waals surface area (Å²) in [6, 6.07) is 8.67. The molecule has 0 bridgehead atoms. The minimum absolute atomic E-state index is 0.204. The van der Waals surface area contributed by atoms with Crippen molar-refractivity contribution in [3.05, 3.63) is 29.8 Å². The first-order valence-electron chi connectivity index (χ1n) is 5.54. The Morgan fingerprint density at radius 1 is 1.13 bits per heavy atom. The molecule has 0 aliphatic heterocycles. The predicted octanol–water partition coefficient (Wildman–Crippen LogP) is 2.76. The highest BCUT2D eigenvalue weighted by Gasteiger charge is 2.04. The van der Waals surface area contributed by atoms with Crippen LogP contribution < -0.4 is 10.1 Å². The molecule has 1 aromatic carbocycles. The molecule has 0 aliphatic rings. The molecule has 0 aliphatic carbocycles. The third kappa shape index (κ3) is 4.84. The van der Waals surface area contributed by atoms with E-state index in [-0.39, 0.29) is 6.10 Å². The Hall–Kier alpha value is -1.02. The van der Waals surface area contributed by atoms with Crippen molar-refractivity contribution in [3.8, 4) is 5.75 Å². The van der Waals surface area contributed by atoms with Crippen molar-refractivity contribution in [2.45, 2.75) is 39.8 Å². The average molecular weight is 207 g/mol. The number of benzene rings is 1. The van der Waals surface area contributed by atoms with Crippen LogP contribution in [0.2, 0.25) is 0 Å². The predicted molar refractivity (Wildman–Crippen MR) is 64.4 cm³/mol. The molecule has 0 spiro atoms. The van der Waals surface area contributed by atoms with Crippen molar-refractivity contribution in [2.24, 2.45) is 0 Å². The van der Waals surface area contributed by atoms with Crippen LogP contribution in [0.4, 0.5) is 0 Å². The highest BCUT2D eigenvalue weighted by Crippen LogP contribution is 2.12. The maximum Gasteiger partial charge on any atom is 0.119 e. The summed E-state index contributed by atoms with van der Waals surface area (Å²) < 4.78 is 5.76. The van der Waals surface area contributed by atoms with Crippen LogP contribution in [0.5, 0.6) is 5.75 Å². The Balaban J connectivity index is 2.37. The van der Waals surface area contributed by atoms with E-state index in [9.17, 15) is 0 Å². The molecule has 15 heavy (non-hydrogen) atoms. The number of rotatable bonds is 5. The van der Waals surface area contributed by atoms with Crippen LogP contribution in [-0.4, -0.2) is 18.7 Å². The van der Waals surface area contributed by atoms with Crippen molar-refractivity contribution in [1.82, 2.24) is 5.32 Å². The minimum Gasteiger partial charge on any atom is -0.489 e. The first kappa shape index (κ1) is 12.1. The third-order valence-electron chi connectivity index (χ3n) is 2.17. The van der Waals surface area contributed by atoms with Gasteiger partial charge in [0.1, 0.15) is 11.9 Å². The highest BCUT2D eigenvalue weighted by atomic mass is 16.5. The fraction of sp³-hybridized carbons (Fsp3) is 0.538. The van der Waals surface area contributed by atoms with Gasteiger partial charge in [-0.25, -0.2) is 0 Å². The van der Waals surface area contributed by atoms with Crippen LogP contribution in [0, 0.1) is 6.92 Å². The molecular weight excluding hydrogens is 186 g/mol. The third-order valence-corrected chi connectivity index (χ3v) is 2.17. The van der Waals surface area contributed by atoms with Gasteiger partial charge >= 0.3 is 0 Å². The second-order valence-corrected chi connectivity index (χ2v) is 4.30. The molecule has 0 aromatic heterocycles. The van der Waals surface area contributed by atoms with Gasteiger partial charge < -0.3 is 10.1 Å². The second-order valence-electron chi connectivity index (χ2n) is 4.30. The quantitative estimate of drug-likeness (QED) is 0.801. The Bertz CT molecular complexity index is 279. The van der Waals surface area contributed by atoms with Crippen molar-refractivity contribution >= 4 is 0 Å². The van der Waals surface area contributed by atoms with E-state index in [1.54, 1.807) is 0 Å². The minimum atomic E-state index is 0.204. The fourth-order valence-electron chi connectivity index (χ4n) is 1.29. The monoisotopic (exact) mass is 207 g/mol. The van der Waals surface area contributed by atoms with Gasteiger partial charge in [0.05, 0.1) is 0 Å². The zero-order valence-corrected chi connectivity index (χ0v) is 10.1. The van der Waals surface area contributed by atoms with Gasteiger partial charge in [0.15, 0.2) is 0 Å². The first-order chi connectivity index (χ1) is 7.08. The zero-order valence-electron chi connectivity index (χ0n) is 10.1. The molecule has 0 radical (unpaired) electrons. The van der Waals surface area contributed by atoms with E-state index in [1.165, 1.54) is 5.56 Å². The Morgan fingerprint density at radius 2 is 1.73 bits per heavy atom. The molecule has 0 saturated carbocycles. The van der Waals surface area contributed by atoms with Crippen LogP contribution in [0.3, 0.4) is 0 Å². The molecule has 2 nitrogen and oxygen atoms in total. The van der Waals surface area contributed by atoms with E-state index in [1.807, 2.05) is 12.1 Å². The fourth-order valence-corrected chi connectivity index (χ4v) is 1.29. The van der Waals surface area contributed by atoms with Crippen LogP contribution in [0.15, 0.2) is 24.3 Å². The lowest BCUT2D eigenvalue weighted by atomic mass is 10.2. The standard InChI is InChI=1S/C13H21NO/c1-10(2)14-9-12(4)15-13-7-5-11(3)6-8-13/h5-8,10,12,14H,9H2,1-4H3. The van der Waals surface area contributed by atoms with Gasteiger partial charge in [-0.2, -0.15) is 0 Å². The number of ether oxygens (including phenoxy) is 1. The first-order valence-corrected chi connectivity index (χ1v) is 5.54. The molecule has 1 N–H and O–H groups in total. The van der Waals surface area contributed by atoms with Crippen LogP contribution in [-0.2, 0) is 0 Å². The van der Waals surface area contributed by atoms with Crippen molar-refractivity contribution in [2.75, 3.05) is 6.54 Å². The van der Waals surface area contributed by atoms with Crippen molar-refractivity contribution in [3.63, 3.8) is 0 Å². The summed E-state index contributed by atoms with van der Waals surface area (Å²) in [4.78, 5) is 0. The van der Waals surface area contributed by atoms with Gasteiger partial charge in [-0.05, 0) is 26.0 Å². The van der Waals surface area contributed by atoms with Gasteiger partial charge in [0.25, 0.3) is 0 Å². The summed E-state index contributed by atoms with van der Waals surface area (Å²) >= 11 is 0. The number of hydrogen-bond acceptors (Lipinski definition) is 2. The molecule has 1 unspecified atom stereocenters. The molecule has 0 amide bonds. The molecule has 84 valence electrons. The van der Waals surface area contributed by atoms with Crippen LogP contribution in [0.25, 0.3) is 0 Å². The van der Waals surface area contributed by atoms with E-state index >= 15 is 0 Å². The van der Waals surface area contributed by atoms with Crippen molar-refractivity contribution in [1.29, 1.82) is 0 Å². The average Bonchev–Trinajstić information content (AvgIpc) is 2.19. The lowest BCUT2D eigenvalue weighted by Gasteiger charge is -2.17. The summed E-state index contributed by atoms with van der Waals surface area (Å²) in [6.07, 6.45) is 0.204. The topological polar surface area (TPSA) is 21.3 Å². The normalized spacial score (nSPS) is 12.9. The van der Waals surface area contributed by atoms with Gasteiger partial charge in [0.2, 0.25) is 0 Å².